The van der Waals surface area contributed by atoms with Gasteiger partial charge in [0.1, 0.15) is 0 Å². The summed E-state index contributed by atoms with van der Waals surface area (Å²) in [5, 5.41) is 50.0. The zero-order chi connectivity index (χ0) is 32.0. The molecule has 1 aromatic rings. The number of hydrogen-bond acceptors (Lipinski definition) is 9. The quantitative estimate of drug-likeness (QED) is 0.201. The Morgan fingerprint density at radius 1 is 0.979 bits per heavy atom. The van der Waals surface area contributed by atoms with Crippen LogP contribution in [0, 0.1) is 18.8 Å². The molecule has 5 rings (SSSR count). The van der Waals surface area contributed by atoms with Crippen LogP contribution >= 0.6 is 0 Å². The summed E-state index contributed by atoms with van der Waals surface area (Å²) in [5.41, 5.74) is 5.92. The largest absolute Gasteiger partial charge is 2.00 e. The first kappa shape index (κ1) is 40.7. The van der Waals surface area contributed by atoms with Gasteiger partial charge in [0.05, 0.1) is 28.5 Å². The Balaban J connectivity index is 0.00000288. The Labute approximate surface area is 329 Å². The summed E-state index contributed by atoms with van der Waals surface area (Å²) in [6.45, 7) is 13.3. The zero-order valence-corrected chi connectivity index (χ0v) is 32.7. The predicted octanol–water partition coefficient (Wildman–Crippen LogP) is -6.66. The number of aliphatic imine (C=N–C) groups is 3. The normalized spacial score (nSPS) is 19.7. The van der Waals surface area contributed by atoms with E-state index in [4.69, 9.17) is 15.0 Å². The molecule has 2 unspecified atom stereocenters. The number of fused-ring (bicyclic) bond motifs is 5. The van der Waals surface area contributed by atoms with Crippen LogP contribution < -0.4 is 95.2 Å². The molecule has 10 nitrogen and oxygen atoms in total. The summed E-state index contributed by atoms with van der Waals surface area (Å²) in [7, 11) is 0. The minimum absolute atomic E-state index is 0. The van der Waals surface area contributed by atoms with Crippen molar-refractivity contribution in [3.8, 4) is 0 Å². The minimum atomic E-state index is -1.52. The number of nitrogens with zero attached hydrogens (tertiary/aromatic N) is 4. The van der Waals surface area contributed by atoms with Crippen molar-refractivity contribution in [2.45, 2.75) is 60.3 Å². The van der Waals surface area contributed by atoms with E-state index in [0.717, 1.165) is 22.3 Å². The molecular formula is C34H32FeN4Na2O6. The minimum Gasteiger partial charge on any atom is -0.883 e. The van der Waals surface area contributed by atoms with Crippen LogP contribution in [0.15, 0.2) is 84.6 Å². The molecule has 0 radical (unpaired) electrons. The summed E-state index contributed by atoms with van der Waals surface area (Å²) in [4.78, 5) is 42.8. The average molecular weight is 694 g/mol. The second-order valence-electron chi connectivity index (χ2n) is 11.3. The van der Waals surface area contributed by atoms with Gasteiger partial charge in [-0.2, -0.15) is 5.95 Å². The van der Waals surface area contributed by atoms with E-state index in [1.807, 2.05) is 33.8 Å². The van der Waals surface area contributed by atoms with Gasteiger partial charge in [0.15, 0.2) is 0 Å². The van der Waals surface area contributed by atoms with Crippen LogP contribution in [0.25, 0.3) is 12.2 Å². The van der Waals surface area contributed by atoms with Gasteiger partial charge in [0, 0.05) is 47.1 Å². The zero-order valence-electron chi connectivity index (χ0n) is 28.6. The topological polar surface area (TPSA) is 178 Å². The molecule has 0 saturated heterocycles. The van der Waals surface area contributed by atoms with E-state index in [0.29, 0.717) is 39.9 Å². The van der Waals surface area contributed by atoms with Crippen molar-refractivity contribution in [2.24, 2.45) is 26.8 Å². The van der Waals surface area contributed by atoms with Gasteiger partial charge in [-0.25, -0.2) is 9.98 Å². The number of carboxylic acids is 2. The fourth-order valence-electron chi connectivity index (χ4n) is 6.34. The number of aliphatic carboxylic acids is 2. The molecule has 2 atom stereocenters. The van der Waals surface area contributed by atoms with Crippen LogP contribution in [0.4, 0.5) is 0 Å². The standard InChI is InChI=1S/C34H36N4O6.Fe.2Na/c1-7-19-15(3)23-12-25-17(5)21(9-10-29(39)40)32(37-25)22(11-30(41)42)33-31(34(43)44)18(6)26(38-33)14-28-20(8-2)16(4)24(36-28)13-27(19)35-23;;;/h7,12-14,17,21H,1,8-11H2,2-6H3,(H5,35,36,37,38,39,40,41,42,43,44);;;/q;+2;2*+1/p-4. The van der Waals surface area contributed by atoms with Crippen LogP contribution in [0.2, 0.25) is 0 Å². The van der Waals surface area contributed by atoms with Gasteiger partial charge in [-0.1, -0.05) is 49.8 Å². The van der Waals surface area contributed by atoms with E-state index >= 15 is 0 Å². The maximum Gasteiger partial charge on any atom is 2.00 e. The summed E-state index contributed by atoms with van der Waals surface area (Å²) in [6.07, 6.45) is 6.85. The summed E-state index contributed by atoms with van der Waals surface area (Å²) in [6, 6.07) is 0. The van der Waals surface area contributed by atoms with Crippen LogP contribution in [-0.2, 0) is 33.1 Å². The first-order chi connectivity index (χ1) is 20.9. The van der Waals surface area contributed by atoms with Crippen molar-refractivity contribution in [1.29, 1.82) is 0 Å². The van der Waals surface area contributed by atoms with E-state index in [2.05, 4.69) is 11.6 Å². The van der Waals surface area contributed by atoms with E-state index in [1.54, 1.807) is 25.2 Å². The first-order valence-corrected chi connectivity index (χ1v) is 14.5. The molecule has 0 fully saturated rings. The number of carbonyl (C=O) groups is 2. The summed E-state index contributed by atoms with van der Waals surface area (Å²) >= 11 is 0. The molecule has 4 aliphatic heterocycles. The van der Waals surface area contributed by atoms with Crippen LogP contribution in [-0.4, -0.2) is 29.1 Å². The van der Waals surface area contributed by atoms with Crippen LogP contribution in [0.5, 0.6) is 0 Å². The van der Waals surface area contributed by atoms with Gasteiger partial charge >= 0.3 is 77.6 Å². The Bertz CT molecular complexity index is 1930. The number of rotatable bonds is 7. The van der Waals surface area contributed by atoms with Crippen molar-refractivity contribution in [1.82, 2.24) is 4.98 Å². The van der Waals surface area contributed by atoms with Crippen molar-refractivity contribution in [2.75, 3.05) is 0 Å². The van der Waals surface area contributed by atoms with Crippen molar-refractivity contribution in [3.05, 3.63) is 91.5 Å². The molecule has 0 amide bonds. The van der Waals surface area contributed by atoms with Crippen LogP contribution in [0.3, 0.4) is 0 Å². The van der Waals surface area contributed by atoms with E-state index in [1.165, 1.54) is 0 Å². The third-order valence-corrected chi connectivity index (χ3v) is 8.76. The Kier molecular flexibility index (Phi) is 14.1. The third-order valence-electron chi connectivity index (χ3n) is 8.76. The fraction of sp³-hybridized carbons (Fsp3) is 0.324. The summed E-state index contributed by atoms with van der Waals surface area (Å²) in [5.74, 6) is -5.20. The molecule has 1 aromatic heterocycles. The molecule has 0 N–H and O–H groups in total. The number of carboxylic acid groups (broad SMARTS) is 2. The van der Waals surface area contributed by atoms with Gasteiger partial charge in [0.2, 0.25) is 0 Å². The third kappa shape index (κ3) is 7.73. The number of aromatic nitrogens is 1. The van der Waals surface area contributed by atoms with Crippen LogP contribution in [0.1, 0.15) is 59.5 Å². The Hall–Kier alpha value is -2.47. The molecule has 4 aliphatic rings. The Morgan fingerprint density at radius 3 is 2.23 bits per heavy atom. The van der Waals surface area contributed by atoms with Gasteiger partial charge in [0.25, 0.3) is 0 Å². The van der Waals surface area contributed by atoms with Crippen molar-refractivity contribution in [3.63, 3.8) is 0 Å². The maximum absolute atomic E-state index is 12.5. The van der Waals surface area contributed by atoms with Crippen molar-refractivity contribution >= 4 is 41.2 Å². The SMILES string of the molecule is C=CC1=C(C)C2=CC3=NC(=C(CC(=O)[O-])C4=NC(=C(C)C4=C([O-])[O-])C=c4[n-]c(c(C)c4CC)=CC1=N2)C(CCC(=O)[O-])C3C.[Fe+2].[H+].[Na+].[Na+]. The molecule has 0 aromatic carbocycles. The molecule has 234 valence electrons. The van der Waals surface area contributed by atoms with Gasteiger partial charge in [-0.05, 0) is 62.8 Å². The van der Waals surface area contributed by atoms with Crippen molar-refractivity contribution < 1.29 is 108 Å². The molecule has 13 heteroatoms. The van der Waals surface area contributed by atoms with E-state index in [9.17, 15) is 30.0 Å². The summed E-state index contributed by atoms with van der Waals surface area (Å²) < 4.78 is 0. The monoisotopic (exact) mass is 694 g/mol. The Morgan fingerprint density at radius 2 is 1.66 bits per heavy atom. The van der Waals surface area contributed by atoms with Gasteiger partial charge in [-0.15, -0.1) is 10.7 Å². The second kappa shape index (κ2) is 16.3. The smallest absolute Gasteiger partial charge is 0.883 e. The predicted molar refractivity (Wildman–Crippen MR) is 160 cm³/mol. The van der Waals surface area contributed by atoms with Gasteiger partial charge in [-0.3, -0.25) is 4.99 Å². The average Bonchev–Trinajstić information content (AvgIpc) is 3.63. The molecule has 0 saturated carbocycles. The number of hydrogen-bond donors (Lipinski definition) is 0. The number of allylic oxidation sites excluding steroid dienone is 8. The van der Waals surface area contributed by atoms with Gasteiger partial charge < -0.3 is 35.0 Å². The molecule has 0 aliphatic carbocycles. The second-order valence-corrected chi connectivity index (χ2v) is 11.3. The van der Waals surface area contributed by atoms with E-state index in [-0.39, 0.29) is 124 Å². The molecule has 8 bridgehead atoms. The van der Waals surface area contributed by atoms with E-state index < -0.39 is 30.2 Å². The fourth-order valence-corrected chi connectivity index (χ4v) is 6.34. The molecular weight excluding hydrogens is 662 g/mol. The first-order valence-electron chi connectivity index (χ1n) is 14.5. The maximum atomic E-state index is 12.5. The molecule has 5 heterocycles. The molecule has 0 spiro atoms. The molecule has 47 heavy (non-hydrogen) atoms. The number of carbonyl (C=O) groups excluding carboxylic acids is 2.